The average Bonchev–Trinajstić information content (AvgIpc) is 3.19. The third-order valence-electron chi connectivity index (χ3n) is 5.99. The molecule has 0 radical (unpaired) electrons. The van der Waals surface area contributed by atoms with Gasteiger partial charge in [-0.2, -0.15) is 0 Å². The Morgan fingerprint density at radius 2 is 1.86 bits per heavy atom. The van der Waals surface area contributed by atoms with E-state index in [1.807, 2.05) is 36.1 Å². The quantitative estimate of drug-likeness (QED) is 0.742. The van der Waals surface area contributed by atoms with Crippen molar-refractivity contribution in [2.24, 2.45) is 0 Å². The van der Waals surface area contributed by atoms with Gasteiger partial charge in [0.25, 0.3) is 0 Å². The maximum atomic E-state index is 13.2. The number of nitrogens with one attached hydrogen (secondary N) is 1. The minimum atomic E-state index is -0.478. The van der Waals surface area contributed by atoms with E-state index in [0.29, 0.717) is 6.61 Å². The van der Waals surface area contributed by atoms with Crippen molar-refractivity contribution >= 4 is 12.0 Å². The number of benzene rings is 1. The van der Waals surface area contributed by atoms with Gasteiger partial charge in [-0.1, -0.05) is 31.4 Å². The zero-order valence-electron chi connectivity index (χ0n) is 17.0. The summed E-state index contributed by atoms with van der Waals surface area (Å²) in [6.45, 7) is 2.92. The summed E-state index contributed by atoms with van der Waals surface area (Å²) in [7, 11) is 1.65. The van der Waals surface area contributed by atoms with E-state index in [-0.39, 0.29) is 24.5 Å². The lowest BCUT2D eigenvalue weighted by Crippen LogP contribution is -2.55. The minimum Gasteiger partial charge on any atom is -0.497 e. The highest BCUT2D eigenvalue weighted by atomic mass is 16.5. The Bertz CT molecular complexity index is 668. The van der Waals surface area contributed by atoms with Crippen LogP contribution in [0.2, 0.25) is 0 Å². The Morgan fingerprint density at radius 3 is 2.50 bits per heavy atom. The fraction of sp³-hybridized carbons (Fsp3) is 0.636. The number of nitrogens with zero attached hydrogens (tertiary/aromatic N) is 1. The lowest BCUT2D eigenvalue weighted by atomic mass is 9.79. The molecule has 1 atom stereocenters. The summed E-state index contributed by atoms with van der Waals surface area (Å²) < 4.78 is 10.4. The molecule has 28 heavy (non-hydrogen) atoms. The molecule has 6 nitrogen and oxygen atoms in total. The highest BCUT2D eigenvalue weighted by Gasteiger charge is 2.39. The van der Waals surface area contributed by atoms with Gasteiger partial charge >= 0.3 is 12.0 Å². The highest BCUT2D eigenvalue weighted by Crippen LogP contribution is 2.35. The predicted molar refractivity (Wildman–Crippen MR) is 107 cm³/mol. The number of ether oxygens (including phenoxy) is 2. The Hall–Kier alpha value is -2.24. The van der Waals surface area contributed by atoms with E-state index >= 15 is 0 Å². The topological polar surface area (TPSA) is 67.9 Å². The van der Waals surface area contributed by atoms with E-state index in [9.17, 15) is 9.59 Å². The maximum absolute atomic E-state index is 13.2. The van der Waals surface area contributed by atoms with E-state index in [4.69, 9.17) is 9.47 Å². The molecule has 1 aliphatic carbocycles. The first-order valence-electron chi connectivity index (χ1n) is 10.5. The van der Waals surface area contributed by atoms with Gasteiger partial charge in [-0.05, 0) is 50.3 Å². The number of carbonyl (C=O) groups excluding carboxylic acids is 2. The van der Waals surface area contributed by atoms with Gasteiger partial charge in [0.2, 0.25) is 0 Å². The molecule has 1 saturated carbocycles. The normalized spacial score (nSPS) is 21.2. The first-order valence-corrected chi connectivity index (χ1v) is 10.5. The molecule has 1 N–H and O–H groups in total. The molecule has 0 unspecified atom stereocenters. The molecule has 0 bridgehead atoms. The lowest BCUT2D eigenvalue weighted by Gasteiger charge is -2.39. The van der Waals surface area contributed by atoms with E-state index in [1.165, 1.54) is 0 Å². The first kappa shape index (κ1) is 20.5. The van der Waals surface area contributed by atoms with E-state index in [1.54, 1.807) is 7.11 Å². The summed E-state index contributed by atoms with van der Waals surface area (Å²) in [6, 6.07) is 7.94. The van der Waals surface area contributed by atoms with Gasteiger partial charge in [-0.25, -0.2) is 4.79 Å². The van der Waals surface area contributed by atoms with Crippen molar-refractivity contribution in [2.45, 2.75) is 69.9 Å². The predicted octanol–water partition coefficient (Wildman–Crippen LogP) is 4.20. The molecule has 2 aliphatic rings. The maximum Gasteiger partial charge on any atom is 0.318 e. The van der Waals surface area contributed by atoms with Crippen molar-refractivity contribution in [3.63, 3.8) is 0 Å². The molecule has 1 saturated heterocycles. The fourth-order valence-electron chi connectivity index (χ4n) is 4.54. The van der Waals surface area contributed by atoms with Crippen LogP contribution < -0.4 is 10.1 Å². The summed E-state index contributed by atoms with van der Waals surface area (Å²) in [4.78, 5) is 27.3. The molecule has 1 aromatic carbocycles. The van der Waals surface area contributed by atoms with Crippen LogP contribution in [0.3, 0.4) is 0 Å². The molecule has 2 fully saturated rings. The zero-order chi connectivity index (χ0) is 20.0. The third-order valence-corrected chi connectivity index (χ3v) is 5.99. The van der Waals surface area contributed by atoms with Crippen molar-refractivity contribution in [1.29, 1.82) is 0 Å². The van der Waals surface area contributed by atoms with Gasteiger partial charge in [-0.15, -0.1) is 0 Å². The molecule has 1 heterocycles. The molecular weight excluding hydrogens is 356 g/mol. The minimum absolute atomic E-state index is 0.0640. The smallest absolute Gasteiger partial charge is 0.318 e. The zero-order valence-corrected chi connectivity index (χ0v) is 17.0. The molecule has 0 spiro atoms. The van der Waals surface area contributed by atoms with Crippen LogP contribution in [0.25, 0.3) is 0 Å². The highest BCUT2D eigenvalue weighted by molar-refractivity contribution is 5.78. The molecule has 3 rings (SSSR count). The molecule has 154 valence electrons. The summed E-state index contributed by atoms with van der Waals surface area (Å²) >= 11 is 0. The Morgan fingerprint density at radius 1 is 1.14 bits per heavy atom. The second kappa shape index (κ2) is 9.30. The molecule has 1 aliphatic heterocycles. The number of methoxy groups -OCH3 is 1. The Kier molecular flexibility index (Phi) is 6.81. The van der Waals surface area contributed by atoms with Crippen molar-refractivity contribution in [3.8, 4) is 5.75 Å². The number of hydrogen-bond donors (Lipinski definition) is 1. The number of carbonyl (C=O) groups is 2. The molecule has 6 heteroatoms. The van der Waals surface area contributed by atoms with Gasteiger partial charge in [0.05, 0.1) is 31.7 Å². The van der Waals surface area contributed by atoms with Gasteiger partial charge in [-0.3, -0.25) is 4.79 Å². The summed E-state index contributed by atoms with van der Waals surface area (Å²) in [5.41, 5.74) is 0.644. The van der Waals surface area contributed by atoms with E-state index in [2.05, 4.69) is 5.32 Å². The summed E-state index contributed by atoms with van der Waals surface area (Å²) in [6.07, 6.45) is 7.06. The van der Waals surface area contributed by atoms with Crippen molar-refractivity contribution in [2.75, 3.05) is 20.3 Å². The largest absolute Gasteiger partial charge is 0.497 e. The van der Waals surface area contributed by atoms with Crippen LogP contribution in [0.4, 0.5) is 4.79 Å². The number of likely N-dealkylation sites (tertiary alicyclic amines) is 1. The standard InChI is InChI=1S/C22H32N2O4/c1-3-28-20(25)16-22(13-5-4-6-14-22)23-21(26)24-15-7-8-19(24)17-9-11-18(27-2)12-10-17/h9-12,19H,3-8,13-16H2,1-2H3,(H,23,26)/t19-/m1/s1. The molecule has 0 aromatic heterocycles. The average molecular weight is 389 g/mol. The van der Waals surface area contributed by atoms with Crippen LogP contribution in [0.1, 0.15) is 69.9 Å². The van der Waals surface area contributed by atoms with Gasteiger partial charge in [0.15, 0.2) is 0 Å². The van der Waals surface area contributed by atoms with Crippen molar-refractivity contribution in [1.82, 2.24) is 10.2 Å². The SMILES string of the molecule is CCOC(=O)CC1(NC(=O)N2CCC[C@@H]2c2ccc(OC)cc2)CCCCC1. The van der Waals surface area contributed by atoms with Crippen LogP contribution in [0, 0.1) is 0 Å². The van der Waals surface area contributed by atoms with Crippen LogP contribution in [0.15, 0.2) is 24.3 Å². The second-order valence-corrected chi connectivity index (χ2v) is 7.88. The van der Waals surface area contributed by atoms with E-state index < -0.39 is 5.54 Å². The molecular formula is C22H32N2O4. The number of amides is 2. The Balaban J connectivity index is 1.71. The molecule has 2 amide bonds. The van der Waals surface area contributed by atoms with Crippen LogP contribution in [-0.2, 0) is 9.53 Å². The van der Waals surface area contributed by atoms with E-state index in [0.717, 1.165) is 62.8 Å². The van der Waals surface area contributed by atoms with Crippen LogP contribution in [-0.4, -0.2) is 42.7 Å². The molecule has 1 aromatic rings. The second-order valence-electron chi connectivity index (χ2n) is 7.88. The fourth-order valence-corrected chi connectivity index (χ4v) is 4.54. The van der Waals surface area contributed by atoms with Gasteiger partial charge < -0.3 is 19.7 Å². The van der Waals surface area contributed by atoms with Crippen molar-refractivity contribution in [3.05, 3.63) is 29.8 Å². The third kappa shape index (κ3) is 4.78. The number of urea groups is 1. The number of rotatable bonds is 6. The van der Waals surface area contributed by atoms with Crippen molar-refractivity contribution < 1.29 is 19.1 Å². The summed E-state index contributed by atoms with van der Waals surface area (Å²) in [5, 5.41) is 3.25. The monoisotopic (exact) mass is 388 g/mol. The first-order chi connectivity index (χ1) is 13.6. The summed E-state index contributed by atoms with van der Waals surface area (Å²) in [5.74, 6) is 0.589. The Labute approximate surface area is 167 Å². The van der Waals surface area contributed by atoms with Gasteiger partial charge in [0, 0.05) is 6.54 Å². The number of hydrogen-bond acceptors (Lipinski definition) is 4. The van der Waals surface area contributed by atoms with Crippen LogP contribution in [0.5, 0.6) is 5.75 Å². The lowest BCUT2D eigenvalue weighted by molar-refractivity contribution is -0.145. The van der Waals surface area contributed by atoms with Crippen LogP contribution >= 0.6 is 0 Å². The van der Waals surface area contributed by atoms with Gasteiger partial charge in [0.1, 0.15) is 5.75 Å². The number of esters is 1.